The minimum absolute atomic E-state index is 0.0867. The number of hydrogen-bond donors (Lipinski definition) is 1. The van der Waals surface area contributed by atoms with Gasteiger partial charge in [0, 0.05) is 6.54 Å². The number of alkyl halides is 1. The van der Waals surface area contributed by atoms with Crippen molar-refractivity contribution in [1.82, 2.24) is 5.32 Å². The van der Waals surface area contributed by atoms with Gasteiger partial charge >= 0.3 is 0 Å². The molecule has 0 aliphatic carbocycles. The Hall–Kier alpha value is -0.780. The van der Waals surface area contributed by atoms with Gasteiger partial charge in [0.05, 0.1) is 13.5 Å². The van der Waals surface area contributed by atoms with Gasteiger partial charge in [0.2, 0.25) is 5.91 Å². The first-order chi connectivity index (χ1) is 8.26. The minimum Gasteiger partial charge on any atom is -0.497 e. The summed E-state index contributed by atoms with van der Waals surface area (Å²) in [7, 11) is 1.63. The molecule has 1 aromatic rings. The molecule has 0 saturated carbocycles. The molecule has 0 bridgehead atoms. The van der Waals surface area contributed by atoms with Crippen LogP contribution >= 0.6 is 22.6 Å². The largest absolute Gasteiger partial charge is 0.497 e. The third kappa shape index (κ3) is 5.91. The maximum atomic E-state index is 11.6. The Balaban J connectivity index is 2.29. The van der Waals surface area contributed by atoms with Gasteiger partial charge in [0.1, 0.15) is 5.75 Å². The number of methoxy groups -OCH3 is 1. The number of halogens is 1. The zero-order valence-corrected chi connectivity index (χ0v) is 12.2. The Morgan fingerprint density at radius 2 is 2.00 bits per heavy atom. The molecule has 0 radical (unpaired) electrons. The number of carbonyl (C=O) groups is 1. The van der Waals surface area contributed by atoms with Gasteiger partial charge in [-0.1, -0.05) is 34.7 Å². The maximum Gasteiger partial charge on any atom is 0.224 e. The quantitative estimate of drug-likeness (QED) is 0.468. The van der Waals surface area contributed by atoms with Crippen molar-refractivity contribution in [2.45, 2.75) is 19.3 Å². The smallest absolute Gasteiger partial charge is 0.224 e. The van der Waals surface area contributed by atoms with Crippen molar-refractivity contribution in [3.8, 4) is 5.75 Å². The molecule has 0 aromatic heterocycles. The molecule has 0 heterocycles. The predicted molar refractivity (Wildman–Crippen MR) is 77.8 cm³/mol. The van der Waals surface area contributed by atoms with Crippen LogP contribution in [0.4, 0.5) is 0 Å². The number of amides is 1. The fourth-order valence-electron chi connectivity index (χ4n) is 1.44. The number of nitrogens with one attached hydrogen (secondary N) is 1. The Morgan fingerprint density at radius 3 is 2.59 bits per heavy atom. The van der Waals surface area contributed by atoms with E-state index in [1.807, 2.05) is 24.3 Å². The van der Waals surface area contributed by atoms with Gasteiger partial charge in [-0.25, -0.2) is 0 Å². The van der Waals surface area contributed by atoms with Crippen LogP contribution in [0.25, 0.3) is 0 Å². The van der Waals surface area contributed by atoms with Gasteiger partial charge in [0.25, 0.3) is 0 Å². The predicted octanol–water partition coefficient (Wildman–Crippen LogP) is 2.57. The van der Waals surface area contributed by atoms with E-state index >= 15 is 0 Å². The highest BCUT2D eigenvalue weighted by Gasteiger charge is 2.02. The lowest BCUT2D eigenvalue weighted by atomic mass is 10.1. The minimum atomic E-state index is 0.0867. The summed E-state index contributed by atoms with van der Waals surface area (Å²) >= 11 is 2.35. The first kappa shape index (κ1) is 14.3. The van der Waals surface area contributed by atoms with Crippen LogP contribution in [0.3, 0.4) is 0 Å². The van der Waals surface area contributed by atoms with Gasteiger partial charge in [-0.3, -0.25) is 4.79 Å². The molecule has 0 aliphatic rings. The molecule has 0 saturated heterocycles. The van der Waals surface area contributed by atoms with Crippen molar-refractivity contribution in [3.63, 3.8) is 0 Å². The molecule has 3 nitrogen and oxygen atoms in total. The first-order valence-corrected chi connectivity index (χ1v) is 7.24. The standard InChI is InChI=1S/C13H18INO2/c1-17-12-6-4-11(5-7-12)10-13(16)15-9-3-2-8-14/h4-7H,2-3,8-10H2,1H3,(H,15,16). The third-order valence-corrected chi connectivity index (χ3v) is 3.17. The molecule has 4 heteroatoms. The second kappa shape index (κ2) is 8.33. The zero-order valence-electron chi connectivity index (χ0n) is 10.0. The number of hydrogen-bond acceptors (Lipinski definition) is 2. The summed E-state index contributed by atoms with van der Waals surface area (Å²) in [5, 5.41) is 2.92. The SMILES string of the molecule is COc1ccc(CC(=O)NCCCCI)cc1. The van der Waals surface area contributed by atoms with Crippen molar-refractivity contribution in [3.05, 3.63) is 29.8 Å². The van der Waals surface area contributed by atoms with Crippen molar-refractivity contribution in [2.24, 2.45) is 0 Å². The van der Waals surface area contributed by atoms with E-state index in [0.29, 0.717) is 6.42 Å². The van der Waals surface area contributed by atoms with Crippen LogP contribution in [0.1, 0.15) is 18.4 Å². The van der Waals surface area contributed by atoms with E-state index in [4.69, 9.17) is 4.74 Å². The van der Waals surface area contributed by atoms with Crippen LogP contribution in [0.15, 0.2) is 24.3 Å². The summed E-state index contributed by atoms with van der Waals surface area (Å²) in [6.45, 7) is 0.776. The lowest BCUT2D eigenvalue weighted by Crippen LogP contribution is -2.26. The van der Waals surface area contributed by atoms with Crippen molar-refractivity contribution in [2.75, 3.05) is 18.1 Å². The molecule has 0 fully saturated rings. The second-order valence-corrected chi connectivity index (χ2v) is 4.85. The first-order valence-electron chi connectivity index (χ1n) is 5.72. The van der Waals surface area contributed by atoms with Crippen LogP contribution < -0.4 is 10.1 Å². The van der Waals surface area contributed by atoms with Crippen LogP contribution in [-0.4, -0.2) is 24.0 Å². The number of unbranched alkanes of at least 4 members (excludes halogenated alkanes) is 1. The van der Waals surface area contributed by atoms with Gasteiger partial charge in [-0.05, 0) is 35.0 Å². The van der Waals surface area contributed by atoms with E-state index in [9.17, 15) is 4.79 Å². The van der Waals surface area contributed by atoms with Crippen LogP contribution in [0, 0.1) is 0 Å². The monoisotopic (exact) mass is 347 g/mol. The zero-order chi connectivity index (χ0) is 12.5. The van der Waals surface area contributed by atoms with E-state index in [2.05, 4.69) is 27.9 Å². The molecular formula is C13H18INO2. The summed E-state index contributed by atoms with van der Waals surface area (Å²) in [5.74, 6) is 0.903. The molecule has 0 aliphatic heterocycles. The molecule has 17 heavy (non-hydrogen) atoms. The van der Waals surface area contributed by atoms with E-state index in [1.54, 1.807) is 7.11 Å². The molecule has 0 spiro atoms. The highest BCUT2D eigenvalue weighted by Crippen LogP contribution is 2.11. The molecular weight excluding hydrogens is 329 g/mol. The van der Waals surface area contributed by atoms with Gasteiger partial charge in [-0.2, -0.15) is 0 Å². The highest BCUT2D eigenvalue weighted by atomic mass is 127. The van der Waals surface area contributed by atoms with E-state index < -0.39 is 0 Å². The van der Waals surface area contributed by atoms with Crippen molar-refractivity contribution < 1.29 is 9.53 Å². The Morgan fingerprint density at radius 1 is 1.29 bits per heavy atom. The third-order valence-electron chi connectivity index (χ3n) is 2.41. The van der Waals surface area contributed by atoms with Crippen LogP contribution in [0.2, 0.25) is 0 Å². The molecule has 1 amide bonds. The Kier molecular flexibility index (Phi) is 7.00. The molecule has 1 aromatic carbocycles. The molecule has 0 unspecified atom stereocenters. The number of rotatable bonds is 7. The Bertz CT molecular complexity index is 338. The number of benzene rings is 1. The van der Waals surface area contributed by atoms with E-state index in [0.717, 1.165) is 35.1 Å². The number of carbonyl (C=O) groups excluding carboxylic acids is 1. The van der Waals surface area contributed by atoms with Gasteiger partial charge in [0.15, 0.2) is 0 Å². The molecule has 0 atom stereocenters. The topological polar surface area (TPSA) is 38.3 Å². The van der Waals surface area contributed by atoms with E-state index in [1.165, 1.54) is 0 Å². The lowest BCUT2D eigenvalue weighted by molar-refractivity contribution is -0.120. The van der Waals surface area contributed by atoms with Crippen LogP contribution in [-0.2, 0) is 11.2 Å². The second-order valence-electron chi connectivity index (χ2n) is 3.77. The van der Waals surface area contributed by atoms with Crippen molar-refractivity contribution in [1.29, 1.82) is 0 Å². The van der Waals surface area contributed by atoms with Crippen LogP contribution in [0.5, 0.6) is 5.75 Å². The Labute approximate surface area is 116 Å². The van der Waals surface area contributed by atoms with Crippen molar-refractivity contribution >= 4 is 28.5 Å². The summed E-state index contributed by atoms with van der Waals surface area (Å²) in [4.78, 5) is 11.6. The summed E-state index contributed by atoms with van der Waals surface area (Å²) in [6, 6.07) is 7.59. The molecule has 1 rings (SSSR count). The average Bonchev–Trinajstić information content (AvgIpc) is 2.36. The summed E-state index contributed by atoms with van der Waals surface area (Å²) < 4.78 is 6.21. The fraction of sp³-hybridized carbons (Fsp3) is 0.462. The maximum absolute atomic E-state index is 11.6. The molecule has 94 valence electrons. The van der Waals surface area contributed by atoms with Gasteiger partial charge < -0.3 is 10.1 Å². The molecule has 1 N–H and O–H groups in total. The van der Waals surface area contributed by atoms with E-state index in [-0.39, 0.29) is 5.91 Å². The van der Waals surface area contributed by atoms with Gasteiger partial charge in [-0.15, -0.1) is 0 Å². The normalized spacial score (nSPS) is 10.0. The number of ether oxygens (including phenoxy) is 1. The summed E-state index contributed by atoms with van der Waals surface area (Å²) in [6.07, 6.45) is 2.65. The summed E-state index contributed by atoms with van der Waals surface area (Å²) in [5.41, 5.74) is 1.01. The average molecular weight is 347 g/mol. The fourth-order valence-corrected chi connectivity index (χ4v) is 1.98. The lowest BCUT2D eigenvalue weighted by Gasteiger charge is -2.05. The highest BCUT2D eigenvalue weighted by molar-refractivity contribution is 14.1.